The summed E-state index contributed by atoms with van der Waals surface area (Å²) < 4.78 is 35.2. The standard InChI is InChI=1S/C25H33Cl3O4S/c1-6-33(29,30)16-18(3)15-32-24-22(27)11-20(12-23(24)28)25(4,5)19-7-9-21(10-8-19)31-14-17(2)13-26/h7-12,17-18H,6,13-16H2,1-5H3/t17-,18-/m0/s1. The Morgan fingerprint density at radius 2 is 1.45 bits per heavy atom. The molecule has 0 bridgehead atoms. The number of hydrogen-bond acceptors (Lipinski definition) is 4. The van der Waals surface area contributed by atoms with Crippen molar-refractivity contribution in [3.63, 3.8) is 0 Å². The van der Waals surface area contributed by atoms with Gasteiger partial charge in [0.2, 0.25) is 0 Å². The molecule has 2 aromatic carbocycles. The minimum atomic E-state index is -3.07. The molecule has 184 valence electrons. The van der Waals surface area contributed by atoms with Crippen LogP contribution in [0.5, 0.6) is 11.5 Å². The van der Waals surface area contributed by atoms with Crippen LogP contribution in [-0.2, 0) is 15.3 Å². The Morgan fingerprint density at radius 3 is 1.97 bits per heavy atom. The monoisotopic (exact) mass is 534 g/mol. The molecule has 0 heterocycles. The van der Waals surface area contributed by atoms with Gasteiger partial charge in [0.25, 0.3) is 0 Å². The van der Waals surface area contributed by atoms with Crippen molar-refractivity contribution in [1.29, 1.82) is 0 Å². The summed E-state index contributed by atoms with van der Waals surface area (Å²) in [6.07, 6.45) is 0. The van der Waals surface area contributed by atoms with E-state index in [4.69, 9.17) is 44.3 Å². The van der Waals surface area contributed by atoms with E-state index in [0.717, 1.165) is 16.9 Å². The molecule has 0 N–H and O–H groups in total. The second kappa shape index (κ2) is 12.0. The minimum absolute atomic E-state index is 0.0638. The van der Waals surface area contributed by atoms with Gasteiger partial charge in [-0.25, -0.2) is 8.42 Å². The van der Waals surface area contributed by atoms with Crippen molar-refractivity contribution in [3.05, 3.63) is 57.6 Å². The molecular formula is C25H33Cl3O4S. The molecule has 33 heavy (non-hydrogen) atoms. The lowest BCUT2D eigenvalue weighted by atomic mass is 9.78. The van der Waals surface area contributed by atoms with Crippen LogP contribution in [0.3, 0.4) is 0 Å². The molecule has 0 aliphatic heterocycles. The summed E-state index contributed by atoms with van der Waals surface area (Å²) in [5, 5.41) is 0.789. The molecule has 0 amide bonds. The zero-order chi connectivity index (χ0) is 24.8. The largest absolute Gasteiger partial charge is 0.493 e. The summed E-state index contributed by atoms with van der Waals surface area (Å²) in [6.45, 7) is 10.5. The van der Waals surface area contributed by atoms with Crippen LogP contribution in [0.25, 0.3) is 0 Å². The summed E-state index contributed by atoms with van der Waals surface area (Å²) in [7, 11) is -3.07. The Morgan fingerprint density at radius 1 is 0.909 bits per heavy atom. The van der Waals surface area contributed by atoms with Gasteiger partial charge in [0, 0.05) is 28.9 Å². The Labute approximate surface area is 213 Å². The van der Waals surface area contributed by atoms with Gasteiger partial charge in [-0.15, -0.1) is 11.6 Å². The van der Waals surface area contributed by atoms with Gasteiger partial charge in [-0.3, -0.25) is 0 Å². The molecule has 2 aromatic rings. The van der Waals surface area contributed by atoms with Gasteiger partial charge < -0.3 is 9.47 Å². The van der Waals surface area contributed by atoms with Crippen molar-refractivity contribution < 1.29 is 17.9 Å². The van der Waals surface area contributed by atoms with E-state index < -0.39 is 9.84 Å². The van der Waals surface area contributed by atoms with E-state index in [-0.39, 0.29) is 35.4 Å². The summed E-state index contributed by atoms with van der Waals surface area (Å²) in [4.78, 5) is 0. The van der Waals surface area contributed by atoms with Gasteiger partial charge in [-0.05, 0) is 35.4 Å². The van der Waals surface area contributed by atoms with Gasteiger partial charge in [-0.1, -0.05) is 70.0 Å². The zero-order valence-corrected chi connectivity index (χ0v) is 22.9. The lowest BCUT2D eigenvalue weighted by Gasteiger charge is -2.27. The lowest BCUT2D eigenvalue weighted by Crippen LogP contribution is -2.21. The van der Waals surface area contributed by atoms with Crippen LogP contribution < -0.4 is 9.47 Å². The number of benzene rings is 2. The first-order valence-corrected chi connectivity index (χ1v) is 14.1. The van der Waals surface area contributed by atoms with Gasteiger partial charge >= 0.3 is 0 Å². The molecule has 0 spiro atoms. The third kappa shape index (κ3) is 7.95. The SMILES string of the molecule is CCS(=O)(=O)C[C@@H](C)COc1c(Cl)cc(C(C)(C)c2ccc(OC[C@@H](C)CCl)cc2)cc1Cl. The van der Waals surface area contributed by atoms with Crippen molar-refractivity contribution in [1.82, 2.24) is 0 Å². The summed E-state index contributed by atoms with van der Waals surface area (Å²) in [5.41, 5.74) is 1.66. The van der Waals surface area contributed by atoms with Crippen molar-refractivity contribution in [2.45, 2.75) is 40.0 Å². The van der Waals surface area contributed by atoms with Crippen LogP contribution in [0.4, 0.5) is 0 Å². The number of halogens is 3. The first kappa shape index (κ1) is 28.1. The smallest absolute Gasteiger partial charge is 0.156 e. The number of hydrogen-bond donors (Lipinski definition) is 0. The number of rotatable bonds is 12. The maximum Gasteiger partial charge on any atom is 0.156 e. The third-order valence-electron chi connectivity index (χ3n) is 5.58. The van der Waals surface area contributed by atoms with Gasteiger partial charge in [0.15, 0.2) is 5.75 Å². The van der Waals surface area contributed by atoms with Gasteiger partial charge in [0.05, 0.1) is 29.0 Å². The third-order valence-corrected chi connectivity index (χ3v) is 8.63. The van der Waals surface area contributed by atoms with E-state index in [9.17, 15) is 8.42 Å². The van der Waals surface area contributed by atoms with Crippen molar-refractivity contribution in [2.75, 3.05) is 30.6 Å². The fourth-order valence-corrected chi connectivity index (χ4v) is 5.19. The van der Waals surface area contributed by atoms with Crippen molar-refractivity contribution >= 4 is 44.6 Å². The second-order valence-corrected chi connectivity index (χ2v) is 12.6. The normalized spacial score (nSPS) is 14.1. The highest BCUT2D eigenvalue weighted by Gasteiger charge is 2.26. The van der Waals surface area contributed by atoms with E-state index in [0.29, 0.717) is 28.3 Å². The molecule has 8 heteroatoms. The fraction of sp³-hybridized carbons (Fsp3) is 0.520. The molecule has 2 rings (SSSR count). The highest BCUT2D eigenvalue weighted by molar-refractivity contribution is 7.91. The Bertz CT molecular complexity index is 997. The molecule has 0 saturated carbocycles. The second-order valence-electron chi connectivity index (χ2n) is 9.10. The molecular weight excluding hydrogens is 503 g/mol. The van der Waals surface area contributed by atoms with E-state index in [1.165, 1.54) is 0 Å². The molecule has 0 saturated heterocycles. The Hall–Kier alpha value is -1.14. The number of alkyl halides is 1. The predicted molar refractivity (Wildman–Crippen MR) is 139 cm³/mol. The topological polar surface area (TPSA) is 52.6 Å². The first-order chi connectivity index (χ1) is 15.4. The fourth-order valence-electron chi connectivity index (χ4n) is 3.30. The highest BCUT2D eigenvalue weighted by Crippen LogP contribution is 2.41. The quantitative estimate of drug-likeness (QED) is 0.274. The Kier molecular flexibility index (Phi) is 10.2. The average Bonchev–Trinajstić information content (AvgIpc) is 2.76. The molecule has 4 nitrogen and oxygen atoms in total. The van der Waals surface area contributed by atoms with Crippen LogP contribution in [0.1, 0.15) is 45.7 Å². The van der Waals surface area contributed by atoms with Crippen LogP contribution in [-0.4, -0.2) is 39.0 Å². The summed E-state index contributed by atoms with van der Waals surface area (Å²) >= 11 is 18.9. The molecule has 0 aromatic heterocycles. The number of ether oxygens (including phenoxy) is 2. The molecule has 2 atom stereocenters. The summed E-state index contributed by atoms with van der Waals surface area (Å²) in [5.74, 6) is 2.01. The highest BCUT2D eigenvalue weighted by atomic mass is 35.5. The molecule has 0 aliphatic carbocycles. The summed E-state index contributed by atoms with van der Waals surface area (Å²) in [6, 6.07) is 11.7. The molecule has 0 radical (unpaired) electrons. The van der Waals surface area contributed by atoms with E-state index in [2.05, 4.69) is 13.8 Å². The van der Waals surface area contributed by atoms with Crippen LogP contribution in [0.2, 0.25) is 10.0 Å². The maximum absolute atomic E-state index is 11.8. The van der Waals surface area contributed by atoms with Crippen molar-refractivity contribution in [2.24, 2.45) is 11.8 Å². The predicted octanol–water partition coefficient (Wildman–Crippen LogP) is 7.02. The first-order valence-electron chi connectivity index (χ1n) is 11.0. The van der Waals surface area contributed by atoms with Crippen LogP contribution in [0, 0.1) is 11.8 Å². The van der Waals surface area contributed by atoms with Crippen LogP contribution in [0.15, 0.2) is 36.4 Å². The van der Waals surface area contributed by atoms with Crippen molar-refractivity contribution in [3.8, 4) is 11.5 Å². The van der Waals surface area contributed by atoms with E-state index in [1.54, 1.807) is 6.92 Å². The Balaban J connectivity index is 2.15. The average molecular weight is 536 g/mol. The van der Waals surface area contributed by atoms with Gasteiger partial charge in [-0.2, -0.15) is 0 Å². The zero-order valence-electron chi connectivity index (χ0n) is 19.8. The lowest BCUT2D eigenvalue weighted by molar-refractivity contribution is 0.272. The van der Waals surface area contributed by atoms with E-state index >= 15 is 0 Å². The van der Waals surface area contributed by atoms with Crippen LogP contribution >= 0.6 is 34.8 Å². The van der Waals surface area contributed by atoms with Gasteiger partial charge in [0.1, 0.15) is 15.6 Å². The molecule has 0 aliphatic rings. The molecule has 0 unspecified atom stereocenters. The number of sulfone groups is 1. The van der Waals surface area contributed by atoms with E-state index in [1.807, 2.05) is 50.2 Å². The maximum atomic E-state index is 11.8. The molecule has 0 fully saturated rings. The minimum Gasteiger partial charge on any atom is -0.493 e.